The molecule has 0 spiro atoms. The third-order valence-corrected chi connectivity index (χ3v) is 6.75. The van der Waals surface area contributed by atoms with Gasteiger partial charge in [-0.25, -0.2) is 0 Å². The number of carbonyl (C=O) groups is 2. The summed E-state index contributed by atoms with van der Waals surface area (Å²) in [5.41, 5.74) is 2.33. The first-order valence-electron chi connectivity index (χ1n) is 11.2. The molecule has 0 unspecified atom stereocenters. The van der Waals surface area contributed by atoms with Crippen LogP contribution >= 0.6 is 11.3 Å². The van der Waals surface area contributed by atoms with Crippen LogP contribution in [0.3, 0.4) is 0 Å². The minimum Gasteiger partial charge on any atom is -0.491 e. The average molecular weight is 459 g/mol. The van der Waals surface area contributed by atoms with E-state index in [1.165, 1.54) is 10.4 Å². The second-order valence-electron chi connectivity index (χ2n) is 8.54. The van der Waals surface area contributed by atoms with E-state index in [9.17, 15) is 9.59 Å². The Kier molecular flexibility index (Phi) is 8.70. The van der Waals surface area contributed by atoms with Crippen LogP contribution in [-0.2, 0) is 20.7 Å². The number of aryl methyl sites for hydroxylation is 1. The van der Waals surface area contributed by atoms with Crippen LogP contribution in [0.15, 0.2) is 35.7 Å². The Morgan fingerprint density at radius 1 is 1.22 bits per heavy atom. The molecule has 174 valence electrons. The molecule has 1 aliphatic rings. The number of carbonyl (C=O) groups excluding carboxylic acids is 2. The lowest BCUT2D eigenvalue weighted by atomic mass is 10.00. The number of fused-ring (bicyclic) bond motifs is 1. The Hall–Kier alpha value is -2.38. The van der Waals surface area contributed by atoms with Gasteiger partial charge in [0, 0.05) is 37.6 Å². The van der Waals surface area contributed by atoms with Crippen molar-refractivity contribution in [1.82, 2.24) is 9.80 Å². The predicted octanol–water partition coefficient (Wildman–Crippen LogP) is 4.08. The fraction of sp³-hybridized carbons (Fsp3) is 0.520. The molecule has 0 bridgehead atoms. The Morgan fingerprint density at radius 2 is 1.97 bits per heavy atom. The van der Waals surface area contributed by atoms with Crippen molar-refractivity contribution in [3.8, 4) is 5.75 Å². The lowest BCUT2D eigenvalue weighted by Gasteiger charge is -2.37. The zero-order valence-electron chi connectivity index (χ0n) is 19.5. The highest BCUT2D eigenvalue weighted by molar-refractivity contribution is 7.10. The van der Waals surface area contributed by atoms with Gasteiger partial charge in [-0.3, -0.25) is 9.59 Å². The lowest BCUT2D eigenvalue weighted by Crippen LogP contribution is -2.48. The highest BCUT2D eigenvalue weighted by Crippen LogP contribution is 2.34. The zero-order valence-corrected chi connectivity index (χ0v) is 20.3. The number of amides is 2. The maximum Gasteiger partial charge on any atom is 0.242 e. The third kappa shape index (κ3) is 6.11. The van der Waals surface area contributed by atoms with E-state index in [1.54, 1.807) is 23.3 Å². The molecule has 32 heavy (non-hydrogen) atoms. The Bertz CT molecular complexity index is 894. The van der Waals surface area contributed by atoms with Gasteiger partial charge in [-0.1, -0.05) is 31.5 Å². The number of rotatable bonds is 10. The Balaban J connectivity index is 1.74. The molecule has 0 saturated heterocycles. The minimum atomic E-state index is -0.159. The van der Waals surface area contributed by atoms with Crippen LogP contribution in [0.1, 0.15) is 42.3 Å². The second-order valence-corrected chi connectivity index (χ2v) is 9.54. The number of hydrogen-bond donors (Lipinski definition) is 0. The van der Waals surface area contributed by atoms with E-state index in [1.807, 2.05) is 49.9 Å². The Labute approximate surface area is 195 Å². The summed E-state index contributed by atoms with van der Waals surface area (Å²) < 4.78 is 11.2. The Morgan fingerprint density at radius 3 is 2.66 bits per heavy atom. The van der Waals surface area contributed by atoms with E-state index in [2.05, 4.69) is 11.4 Å². The van der Waals surface area contributed by atoms with Gasteiger partial charge in [0.05, 0.1) is 12.6 Å². The molecule has 2 aromatic rings. The van der Waals surface area contributed by atoms with Crippen LogP contribution < -0.4 is 4.74 Å². The van der Waals surface area contributed by atoms with Crippen LogP contribution in [0.4, 0.5) is 0 Å². The summed E-state index contributed by atoms with van der Waals surface area (Å²) in [5, 5.41) is 2.08. The number of benzene rings is 1. The fourth-order valence-corrected chi connectivity index (χ4v) is 4.90. The molecule has 7 heteroatoms. The number of nitrogens with zero attached hydrogens (tertiary/aromatic N) is 2. The van der Waals surface area contributed by atoms with Gasteiger partial charge in [0.1, 0.15) is 12.4 Å². The van der Waals surface area contributed by atoms with Gasteiger partial charge >= 0.3 is 0 Å². The summed E-state index contributed by atoms with van der Waals surface area (Å²) in [4.78, 5) is 31.0. The van der Waals surface area contributed by atoms with E-state index in [0.717, 1.165) is 17.7 Å². The van der Waals surface area contributed by atoms with E-state index in [0.29, 0.717) is 32.7 Å². The van der Waals surface area contributed by atoms with Gasteiger partial charge in [-0.2, -0.15) is 0 Å². The fourth-order valence-electron chi connectivity index (χ4n) is 3.97. The average Bonchev–Trinajstić information content (AvgIpc) is 3.26. The zero-order chi connectivity index (χ0) is 23.1. The van der Waals surface area contributed by atoms with Crippen LogP contribution in [0.25, 0.3) is 0 Å². The van der Waals surface area contributed by atoms with Crippen molar-refractivity contribution in [2.45, 2.75) is 39.7 Å². The summed E-state index contributed by atoms with van der Waals surface area (Å²) in [6.45, 7) is 7.96. The summed E-state index contributed by atoms with van der Waals surface area (Å²) >= 11 is 1.73. The highest BCUT2D eigenvalue weighted by Gasteiger charge is 2.33. The number of thiophene rings is 1. The largest absolute Gasteiger partial charge is 0.491 e. The topological polar surface area (TPSA) is 59.1 Å². The highest BCUT2D eigenvalue weighted by atomic mass is 32.1. The monoisotopic (exact) mass is 458 g/mol. The van der Waals surface area contributed by atoms with Gasteiger partial charge in [-0.15, -0.1) is 11.3 Å². The summed E-state index contributed by atoms with van der Waals surface area (Å²) in [7, 11) is 1.64. The molecule has 3 rings (SSSR count). The van der Waals surface area contributed by atoms with Gasteiger partial charge in [0.15, 0.2) is 0 Å². The molecule has 0 aliphatic carbocycles. The third-order valence-electron chi connectivity index (χ3n) is 5.75. The van der Waals surface area contributed by atoms with Crippen molar-refractivity contribution in [1.29, 1.82) is 0 Å². The van der Waals surface area contributed by atoms with Crippen LogP contribution in [-0.4, -0.2) is 61.6 Å². The molecule has 2 heterocycles. The molecule has 2 amide bonds. The maximum absolute atomic E-state index is 13.4. The summed E-state index contributed by atoms with van der Waals surface area (Å²) in [6, 6.07) is 9.89. The van der Waals surface area contributed by atoms with Crippen molar-refractivity contribution in [2.75, 3.05) is 40.0 Å². The molecular weight excluding hydrogens is 424 g/mol. The van der Waals surface area contributed by atoms with E-state index >= 15 is 0 Å². The lowest BCUT2D eigenvalue weighted by molar-refractivity contribution is -0.144. The molecule has 1 aliphatic heterocycles. The first kappa shape index (κ1) is 24.3. The van der Waals surface area contributed by atoms with Crippen molar-refractivity contribution >= 4 is 23.2 Å². The predicted molar refractivity (Wildman–Crippen MR) is 127 cm³/mol. The summed E-state index contributed by atoms with van der Waals surface area (Å²) in [5.74, 6) is 0.596. The quantitative estimate of drug-likeness (QED) is 0.504. The standard InChI is InChI=1S/C25H34N2O4S/c1-18(2)25(29)26(12-5-14-30-4)16-24(28)27-13-10-23-21(11-15-32-23)22(27)17-31-20-8-6-19(3)7-9-20/h6-9,11,15,18,22H,5,10,12-14,16-17H2,1-4H3/t22-/m0/s1. The van der Waals surface area contributed by atoms with Crippen LogP contribution in [0, 0.1) is 12.8 Å². The van der Waals surface area contributed by atoms with Crippen molar-refractivity contribution < 1.29 is 19.1 Å². The van der Waals surface area contributed by atoms with Gasteiger partial charge in [0.2, 0.25) is 11.8 Å². The number of methoxy groups -OCH3 is 1. The van der Waals surface area contributed by atoms with Crippen LogP contribution in [0.2, 0.25) is 0 Å². The molecule has 0 radical (unpaired) electrons. The maximum atomic E-state index is 13.4. The van der Waals surface area contributed by atoms with E-state index < -0.39 is 0 Å². The first-order valence-corrected chi connectivity index (χ1v) is 12.1. The number of ether oxygens (including phenoxy) is 2. The van der Waals surface area contributed by atoms with Gasteiger partial charge in [0.25, 0.3) is 0 Å². The first-order chi connectivity index (χ1) is 15.4. The molecule has 1 atom stereocenters. The molecule has 6 nitrogen and oxygen atoms in total. The molecule has 0 fully saturated rings. The van der Waals surface area contributed by atoms with Crippen molar-refractivity contribution in [3.05, 3.63) is 51.7 Å². The normalized spacial score (nSPS) is 15.5. The van der Waals surface area contributed by atoms with Crippen molar-refractivity contribution in [2.24, 2.45) is 5.92 Å². The molecule has 0 N–H and O–H groups in total. The SMILES string of the molecule is COCCCN(CC(=O)N1CCc2sccc2[C@@H]1COc1ccc(C)cc1)C(=O)C(C)C. The van der Waals surface area contributed by atoms with Gasteiger partial charge < -0.3 is 19.3 Å². The smallest absolute Gasteiger partial charge is 0.242 e. The van der Waals surface area contributed by atoms with Crippen molar-refractivity contribution in [3.63, 3.8) is 0 Å². The molecule has 1 aromatic heterocycles. The van der Waals surface area contributed by atoms with E-state index in [4.69, 9.17) is 9.47 Å². The molecule has 1 aromatic carbocycles. The van der Waals surface area contributed by atoms with Gasteiger partial charge in [-0.05, 0) is 48.9 Å². The minimum absolute atomic E-state index is 0.00450. The molecular formula is C25H34N2O4S. The summed E-state index contributed by atoms with van der Waals surface area (Å²) in [6.07, 6.45) is 1.54. The second kappa shape index (κ2) is 11.5. The van der Waals surface area contributed by atoms with Crippen LogP contribution in [0.5, 0.6) is 5.75 Å². The van der Waals surface area contributed by atoms with E-state index in [-0.39, 0.29) is 30.3 Å². The molecule has 0 saturated carbocycles. The number of hydrogen-bond acceptors (Lipinski definition) is 5.